The van der Waals surface area contributed by atoms with E-state index in [1.807, 2.05) is 6.92 Å². The van der Waals surface area contributed by atoms with Crippen LogP contribution in [0.15, 0.2) is 4.79 Å². The summed E-state index contributed by atoms with van der Waals surface area (Å²) in [7, 11) is 0. The lowest BCUT2D eigenvalue weighted by Gasteiger charge is -2.24. The van der Waals surface area contributed by atoms with Crippen LogP contribution in [-0.4, -0.2) is 22.6 Å². The first kappa shape index (κ1) is 12.3. The van der Waals surface area contributed by atoms with Crippen LogP contribution in [0.3, 0.4) is 0 Å². The van der Waals surface area contributed by atoms with Crippen molar-refractivity contribution in [3.63, 3.8) is 0 Å². The Kier molecular flexibility index (Phi) is 3.94. The number of aromatic nitrogens is 2. The fourth-order valence-corrected chi connectivity index (χ4v) is 2.52. The molecule has 1 aliphatic heterocycles. The molecule has 0 saturated carbocycles. The van der Waals surface area contributed by atoms with Crippen molar-refractivity contribution in [1.29, 1.82) is 0 Å². The average Bonchev–Trinajstić information content (AvgIpc) is 2.34. The van der Waals surface area contributed by atoms with Crippen LogP contribution in [0.4, 0.5) is 0 Å². The highest BCUT2D eigenvalue weighted by Crippen LogP contribution is 2.14. The quantitative estimate of drug-likeness (QED) is 0.831. The molecule has 1 atom stereocenters. The Morgan fingerprint density at radius 3 is 2.88 bits per heavy atom. The summed E-state index contributed by atoms with van der Waals surface area (Å²) in [6.45, 7) is 5.19. The molecule has 0 aromatic carbocycles. The van der Waals surface area contributed by atoms with Gasteiger partial charge in [0, 0.05) is 18.2 Å². The van der Waals surface area contributed by atoms with Gasteiger partial charge in [-0.25, -0.2) is 4.79 Å². The predicted octanol–water partition coefficient (Wildman–Crippen LogP) is 1.33. The standard InChI is InChI=1S/C13H21N3O/c1-3-11-9(2)12(16-13(17)15-11)8-10-6-4-5-7-14-10/h10,14H,3-8H2,1-2H3,(H,15,16,17). The topological polar surface area (TPSA) is 57.8 Å². The minimum Gasteiger partial charge on any atom is -0.314 e. The molecule has 2 N–H and O–H groups in total. The van der Waals surface area contributed by atoms with E-state index in [0.717, 1.165) is 36.3 Å². The third-order valence-electron chi connectivity index (χ3n) is 3.58. The monoisotopic (exact) mass is 235 g/mol. The minimum atomic E-state index is -0.210. The molecule has 0 radical (unpaired) electrons. The molecule has 0 spiro atoms. The molecule has 94 valence electrons. The first-order valence-corrected chi connectivity index (χ1v) is 6.52. The Morgan fingerprint density at radius 2 is 2.24 bits per heavy atom. The molecule has 4 heteroatoms. The Balaban J connectivity index is 2.19. The van der Waals surface area contributed by atoms with Gasteiger partial charge in [-0.3, -0.25) is 0 Å². The summed E-state index contributed by atoms with van der Waals surface area (Å²) in [4.78, 5) is 18.4. The lowest BCUT2D eigenvalue weighted by atomic mass is 9.98. The van der Waals surface area contributed by atoms with E-state index in [2.05, 4.69) is 22.2 Å². The Bertz CT molecular complexity index is 433. The van der Waals surface area contributed by atoms with Crippen LogP contribution >= 0.6 is 0 Å². The summed E-state index contributed by atoms with van der Waals surface area (Å²) in [6.07, 6.45) is 5.48. The number of piperidine rings is 1. The maximum absolute atomic E-state index is 11.5. The normalized spacial score (nSPS) is 20.5. The smallest absolute Gasteiger partial charge is 0.314 e. The van der Waals surface area contributed by atoms with Gasteiger partial charge in [-0.2, -0.15) is 4.98 Å². The minimum absolute atomic E-state index is 0.210. The Hall–Kier alpha value is -1.16. The molecule has 0 aliphatic carbocycles. The van der Waals surface area contributed by atoms with Gasteiger partial charge in [0.25, 0.3) is 0 Å². The summed E-state index contributed by atoms with van der Waals surface area (Å²) in [5, 5.41) is 3.51. The molecule has 17 heavy (non-hydrogen) atoms. The van der Waals surface area contributed by atoms with Crippen LogP contribution in [0, 0.1) is 6.92 Å². The lowest BCUT2D eigenvalue weighted by Crippen LogP contribution is -2.36. The van der Waals surface area contributed by atoms with Gasteiger partial charge >= 0.3 is 5.69 Å². The number of nitrogens with zero attached hydrogens (tertiary/aromatic N) is 1. The molecular weight excluding hydrogens is 214 g/mol. The number of H-pyrrole nitrogens is 1. The first-order chi connectivity index (χ1) is 8.20. The highest BCUT2D eigenvalue weighted by atomic mass is 16.1. The maximum Gasteiger partial charge on any atom is 0.345 e. The van der Waals surface area contributed by atoms with Gasteiger partial charge in [0.15, 0.2) is 0 Å². The zero-order valence-electron chi connectivity index (χ0n) is 10.7. The number of aromatic amines is 1. The summed E-state index contributed by atoms with van der Waals surface area (Å²) in [6, 6.07) is 0.505. The van der Waals surface area contributed by atoms with E-state index in [9.17, 15) is 4.79 Å². The van der Waals surface area contributed by atoms with Gasteiger partial charge in [0.2, 0.25) is 0 Å². The van der Waals surface area contributed by atoms with E-state index in [0.29, 0.717) is 6.04 Å². The van der Waals surface area contributed by atoms with Crippen LogP contribution in [0.25, 0.3) is 0 Å². The van der Waals surface area contributed by atoms with Crippen molar-refractivity contribution >= 4 is 0 Å². The molecule has 2 heterocycles. The molecule has 0 bridgehead atoms. The number of hydrogen-bond donors (Lipinski definition) is 2. The molecule has 0 amide bonds. The Morgan fingerprint density at radius 1 is 1.41 bits per heavy atom. The SMILES string of the molecule is CCc1nc(=O)[nH]c(CC2CCCCN2)c1C. The highest BCUT2D eigenvalue weighted by Gasteiger charge is 2.16. The largest absolute Gasteiger partial charge is 0.345 e. The van der Waals surface area contributed by atoms with Gasteiger partial charge in [-0.1, -0.05) is 13.3 Å². The molecular formula is C13H21N3O. The van der Waals surface area contributed by atoms with Crippen LogP contribution in [-0.2, 0) is 12.8 Å². The van der Waals surface area contributed by atoms with Crippen molar-refractivity contribution < 1.29 is 0 Å². The van der Waals surface area contributed by atoms with Crippen molar-refractivity contribution in [3.8, 4) is 0 Å². The maximum atomic E-state index is 11.5. The van der Waals surface area contributed by atoms with Crippen LogP contribution in [0.2, 0.25) is 0 Å². The highest BCUT2D eigenvalue weighted by molar-refractivity contribution is 5.23. The van der Waals surface area contributed by atoms with E-state index >= 15 is 0 Å². The van der Waals surface area contributed by atoms with Crippen molar-refractivity contribution in [3.05, 3.63) is 27.4 Å². The van der Waals surface area contributed by atoms with Gasteiger partial charge in [-0.05, 0) is 38.3 Å². The number of rotatable bonds is 3. The fourth-order valence-electron chi connectivity index (χ4n) is 2.52. The number of aryl methyl sites for hydroxylation is 1. The first-order valence-electron chi connectivity index (χ1n) is 6.52. The second kappa shape index (κ2) is 5.45. The lowest BCUT2D eigenvalue weighted by molar-refractivity contribution is 0.396. The summed E-state index contributed by atoms with van der Waals surface area (Å²) >= 11 is 0. The zero-order chi connectivity index (χ0) is 12.3. The van der Waals surface area contributed by atoms with E-state index in [1.54, 1.807) is 0 Å². The molecule has 1 aliphatic rings. The molecule has 2 rings (SSSR count). The molecule has 1 saturated heterocycles. The summed E-state index contributed by atoms with van der Waals surface area (Å²) < 4.78 is 0. The van der Waals surface area contributed by atoms with Crippen molar-refractivity contribution in [2.45, 2.75) is 52.0 Å². The zero-order valence-corrected chi connectivity index (χ0v) is 10.7. The van der Waals surface area contributed by atoms with Crippen molar-refractivity contribution in [2.24, 2.45) is 0 Å². The van der Waals surface area contributed by atoms with Gasteiger partial charge in [-0.15, -0.1) is 0 Å². The molecule has 1 aromatic rings. The summed E-state index contributed by atoms with van der Waals surface area (Å²) in [5.41, 5.74) is 2.93. The van der Waals surface area contributed by atoms with E-state index in [-0.39, 0.29) is 5.69 Å². The predicted molar refractivity (Wildman–Crippen MR) is 68.3 cm³/mol. The molecule has 1 aromatic heterocycles. The van der Waals surface area contributed by atoms with Crippen LogP contribution in [0.1, 0.15) is 43.1 Å². The molecule has 1 fully saturated rings. The molecule has 1 unspecified atom stereocenters. The fraction of sp³-hybridized carbons (Fsp3) is 0.692. The van der Waals surface area contributed by atoms with Crippen molar-refractivity contribution in [1.82, 2.24) is 15.3 Å². The second-order valence-corrected chi connectivity index (χ2v) is 4.80. The van der Waals surface area contributed by atoms with E-state index < -0.39 is 0 Å². The van der Waals surface area contributed by atoms with Gasteiger partial charge in [0.05, 0.1) is 5.69 Å². The van der Waals surface area contributed by atoms with E-state index in [4.69, 9.17) is 0 Å². The second-order valence-electron chi connectivity index (χ2n) is 4.80. The van der Waals surface area contributed by atoms with Crippen LogP contribution < -0.4 is 11.0 Å². The third kappa shape index (κ3) is 2.94. The van der Waals surface area contributed by atoms with Crippen LogP contribution in [0.5, 0.6) is 0 Å². The Labute approximate surface area is 102 Å². The van der Waals surface area contributed by atoms with Crippen molar-refractivity contribution in [2.75, 3.05) is 6.54 Å². The number of nitrogens with one attached hydrogen (secondary N) is 2. The average molecular weight is 235 g/mol. The molecule has 4 nitrogen and oxygen atoms in total. The number of hydrogen-bond acceptors (Lipinski definition) is 3. The summed E-state index contributed by atoms with van der Waals surface area (Å²) in [5.74, 6) is 0. The van der Waals surface area contributed by atoms with Gasteiger partial charge in [0.1, 0.15) is 0 Å². The van der Waals surface area contributed by atoms with E-state index in [1.165, 1.54) is 19.3 Å². The third-order valence-corrected chi connectivity index (χ3v) is 3.58. The van der Waals surface area contributed by atoms with Gasteiger partial charge < -0.3 is 10.3 Å².